The van der Waals surface area contributed by atoms with Gasteiger partial charge in [-0.2, -0.15) is 5.10 Å². The quantitative estimate of drug-likeness (QED) is 0.414. The maximum atomic E-state index is 12.7. The molecule has 1 aliphatic carbocycles. The van der Waals surface area contributed by atoms with E-state index in [4.69, 9.17) is 0 Å². The first-order valence-corrected chi connectivity index (χ1v) is 12.4. The first-order chi connectivity index (χ1) is 15.7. The molecule has 0 bridgehead atoms. The Morgan fingerprint density at radius 1 is 1.28 bits per heavy atom. The summed E-state index contributed by atoms with van der Waals surface area (Å²) in [6, 6.07) is 9.59. The van der Waals surface area contributed by atoms with E-state index in [0.29, 0.717) is 18.1 Å². The average Bonchev–Trinajstić information content (AvgIpc) is 3.51. The summed E-state index contributed by atoms with van der Waals surface area (Å²) in [5, 5.41) is 7.99. The summed E-state index contributed by atoms with van der Waals surface area (Å²) in [6.45, 7) is 0.495. The highest BCUT2D eigenvalue weighted by Crippen LogP contribution is 2.34. The van der Waals surface area contributed by atoms with Gasteiger partial charge in [-0.15, -0.1) is 23.1 Å². The number of nitrogens with one attached hydrogen (secondary N) is 2. The number of benzene rings is 1. The number of thioether (sulfide) groups is 1. The molecular weight excluding hydrogens is 444 g/mol. The summed E-state index contributed by atoms with van der Waals surface area (Å²) in [5.74, 6) is 1.27. The molecule has 3 aromatic heterocycles. The van der Waals surface area contributed by atoms with Crippen LogP contribution in [0.2, 0.25) is 0 Å². The van der Waals surface area contributed by atoms with Crippen molar-refractivity contribution in [2.45, 2.75) is 37.6 Å². The molecule has 10 heteroatoms. The van der Waals surface area contributed by atoms with Crippen molar-refractivity contribution in [1.29, 1.82) is 0 Å². The third-order valence-electron chi connectivity index (χ3n) is 5.47. The van der Waals surface area contributed by atoms with Gasteiger partial charge in [0.15, 0.2) is 0 Å². The maximum Gasteiger partial charge on any atom is 0.259 e. The summed E-state index contributed by atoms with van der Waals surface area (Å²) < 4.78 is 1.70. The maximum absolute atomic E-state index is 12.7. The van der Waals surface area contributed by atoms with Gasteiger partial charge in [-0.25, -0.2) is 9.97 Å². The lowest BCUT2D eigenvalue weighted by Crippen LogP contribution is -2.32. The lowest BCUT2D eigenvalue weighted by Gasteiger charge is -2.19. The number of aryl methyl sites for hydroxylation is 2. The molecular formula is C22H22N6O2S2. The van der Waals surface area contributed by atoms with Crippen molar-refractivity contribution in [3.8, 4) is 0 Å². The molecule has 0 radical (unpaired) electrons. The lowest BCUT2D eigenvalue weighted by atomic mass is 10.1. The van der Waals surface area contributed by atoms with Crippen molar-refractivity contribution in [1.82, 2.24) is 30.0 Å². The molecule has 2 N–H and O–H groups in total. The first-order valence-electron chi connectivity index (χ1n) is 10.5. The summed E-state index contributed by atoms with van der Waals surface area (Å²) in [5.41, 5.74) is 2.12. The van der Waals surface area contributed by atoms with E-state index in [-0.39, 0.29) is 23.3 Å². The number of thiophene rings is 1. The summed E-state index contributed by atoms with van der Waals surface area (Å²) in [7, 11) is 0. The zero-order valence-electron chi connectivity index (χ0n) is 17.3. The minimum atomic E-state index is -0.214. The summed E-state index contributed by atoms with van der Waals surface area (Å²) >= 11 is 3.06. The van der Waals surface area contributed by atoms with E-state index in [2.05, 4.69) is 25.4 Å². The van der Waals surface area contributed by atoms with Crippen LogP contribution in [-0.2, 0) is 29.9 Å². The number of aromatic nitrogens is 5. The predicted molar refractivity (Wildman–Crippen MR) is 126 cm³/mol. The molecule has 1 unspecified atom stereocenters. The fraction of sp³-hybridized carbons (Fsp3) is 0.318. The fourth-order valence-corrected chi connectivity index (χ4v) is 6.01. The fourth-order valence-electron chi connectivity index (χ4n) is 4.03. The van der Waals surface area contributed by atoms with E-state index < -0.39 is 0 Å². The zero-order chi connectivity index (χ0) is 21.9. The van der Waals surface area contributed by atoms with Crippen LogP contribution < -0.4 is 10.9 Å². The number of carbonyl (C=O) groups is 1. The molecule has 3 heterocycles. The minimum Gasteiger partial charge on any atom is -0.347 e. The number of hydrogen-bond donors (Lipinski definition) is 2. The van der Waals surface area contributed by atoms with Crippen molar-refractivity contribution in [2.75, 3.05) is 5.75 Å². The Labute approximate surface area is 192 Å². The molecule has 1 aliphatic rings. The van der Waals surface area contributed by atoms with Crippen molar-refractivity contribution < 1.29 is 4.79 Å². The molecule has 8 nitrogen and oxygen atoms in total. The highest BCUT2D eigenvalue weighted by molar-refractivity contribution is 7.99. The van der Waals surface area contributed by atoms with Crippen LogP contribution in [0.25, 0.3) is 10.2 Å². The average molecular weight is 467 g/mol. The summed E-state index contributed by atoms with van der Waals surface area (Å²) in [6.07, 6.45) is 6.23. The Bertz CT molecular complexity index is 1280. The molecule has 1 atom stereocenters. The molecule has 0 aliphatic heterocycles. The van der Waals surface area contributed by atoms with E-state index >= 15 is 0 Å². The zero-order valence-corrected chi connectivity index (χ0v) is 18.9. The second-order valence-corrected chi connectivity index (χ2v) is 9.76. The Balaban J connectivity index is 1.22. The number of aromatic amines is 1. The van der Waals surface area contributed by atoms with Gasteiger partial charge in [0.1, 0.15) is 23.3 Å². The van der Waals surface area contributed by atoms with Gasteiger partial charge in [-0.3, -0.25) is 14.3 Å². The van der Waals surface area contributed by atoms with Gasteiger partial charge in [-0.1, -0.05) is 30.3 Å². The van der Waals surface area contributed by atoms with E-state index in [9.17, 15) is 9.59 Å². The van der Waals surface area contributed by atoms with Gasteiger partial charge in [0, 0.05) is 4.88 Å². The third-order valence-corrected chi connectivity index (χ3v) is 7.60. The highest BCUT2D eigenvalue weighted by Gasteiger charge is 2.21. The number of rotatable bonds is 8. The number of H-pyrrole nitrogens is 1. The van der Waals surface area contributed by atoms with Crippen LogP contribution in [0.1, 0.15) is 34.3 Å². The van der Waals surface area contributed by atoms with Crippen LogP contribution in [0.5, 0.6) is 0 Å². The number of nitrogens with zero attached hydrogens (tertiary/aromatic N) is 4. The largest absolute Gasteiger partial charge is 0.347 e. The predicted octanol–water partition coefficient (Wildman–Crippen LogP) is 2.86. The van der Waals surface area contributed by atoms with Crippen molar-refractivity contribution in [3.05, 3.63) is 75.2 Å². The molecule has 4 aromatic rings. The van der Waals surface area contributed by atoms with E-state index in [1.807, 2.05) is 30.3 Å². The molecule has 0 fully saturated rings. The van der Waals surface area contributed by atoms with Crippen molar-refractivity contribution >= 4 is 39.2 Å². The highest BCUT2D eigenvalue weighted by atomic mass is 32.2. The number of fused-ring (bicyclic) bond motifs is 3. The normalized spacial score (nSPS) is 13.9. The van der Waals surface area contributed by atoms with Crippen LogP contribution in [0.15, 0.2) is 47.8 Å². The van der Waals surface area contributed by atoms with E-state index in [1.165, 1.54) is 28.5 Å². The standard InChI is InChI=1S/C22H22N6O2S2/c29-19(25-16(9-28-13-23-12-24-28)14-5-2-1-3-6-14)11-31-10-18-26-21(30)20-15-7-4-8-17(15)32-22(20)27-18/h1-3,5-6,12-13,16H,4,7-11H2,(H,25,29)(H,26,27,30). The van der Waals surface area contributed by atoms with E-state index in [0.717, 1.165) is 35.0 Å². The second-order valence-electron chi connectivity index (χ2n) is 7.69. The lowest BCUT2D eigenvalue weighted by molar-refractivity contribution is -0.119. The molecule has 0 saturated carbocycles. The van der Waals surface area contributed by atoms with Crippen LogP contribution in [-0.4, -0.2) is 36.4 Å². The van der Waals surface area contributed by atoms with Crippen LogP contribution >= 0.6 is 23.1 Å². The Morgan fingerprint density at radius 3 is 2.97 bits per heavy atom. The number of hydrogen-bond acceptors (Lipinski definition) is 7. The second kappa shape index (κ2) is 9.25. The molecule has 0 saturated heterocycles. The molecule has 1 amide bonds. The molecule has 1 aromatic carbocycles. The smallest absolute Gasteiger partial charge is 0.259 e. The molecule has 0 spiro atoms. The van der Waals surface area contributed by atoms with Gasteiger partial charge in [0.2, 0.25) is 5.91 Å². The number of amides is 1. The van der Waals surface area contributed by atoms with Gasteiger partial charge >= 0.3 is 0 Å². The van der Waals surface area contributed by atoms with Crippen LogP contribution in [0.4, 0.5) is 0 Å². The van der Waals surface area contributed by atoms with Gasteiger partial charge < -0.3 is 10.3 Å². The van der Waals surface area contributed by atoms with Gasteiger partial charge in [0.05, 0.1) is 29.5 Å². The van der Waals surface area contributed by atoms with Crippen LogP contribution in [0, 0.1) is 0 Å². The number of carbonyl (C=O) groups excluding carboxylic acids is 1. The Hall–Kier alpha value is -2.98. The van der Waals surface area contributed by atoms with Gasteiger partial charge in [0.25, 0.3) is 5.56 Å². The van der Waals surface area contributed by atoms with Crippen molar-refractivity contribution in [2.24, 2.45) is 0 Å². The molecule has 164 valence electrons. The van der Waals surface area contributed by atoms with Gasteiger partial charge in [-0.05, 0) is 30.4 Å². The first kappa shape index (κ1) is 20.9. The van der Waals surface area contributed by atoms with Crippen molar-refractivity contribution in [3.63, 3.8) is 0 Å². The minimum absolute atomic E-state index is 0.0635. The molecule has 5 rings (SSSR count). The van der Waals surface area contributed by atoms with Crippen LogP contribution in [0.3, 0.4) is 0 Å². The monoisotopic (exact) mass is 466 g/mol. The topological polar surface area (TPSA) is 106 Å². The Morgan fingerprint density at radius 2 is 2.16 bits per heavy atom. The SMILES string of the molecule is O=C(CSCc1nc2sc3c(c2c(=O)[nH]1)CCC3)NC(Cn1cncn1)c1ccccc1. The summed E-state index contributed by atoms with van der Waals surface area (Å²) in [4.78, 5) is 38.9. The Kier molecular flexibility index (Phi) is 6.04. The third kappa shape index (κ3) is 4.46. The molecule has 32 heavy (non-hydrogen) atoms. The van der Waals surface area contributed by atoms with E-state index in [1.54, 1.807) is 22.3 Å².